The molecule has 15 heavy (non-hydrogen) atoms. The van der Waals surface area contributed by atoms with Gasteiger partial charge in [-0.2, -0.15) is 5.10 Å². The van der Waals surface area contributed by atoms with E-state index in [9.17, 15) is 0 Å². The molecule has 78 valence electrons. The van der Waals surface area contributed by atoms with Gasteiger partial charge in [0.15, 0.2) is 5.82 Å². The smallest absolute Gasteiger partial charge is 0.199 e. The Morgan fingerprint density at radius 2 is 2.13 bits per heavy atom. The van der Waals surface area contributed by atoms with Crippen LogP contribution in [0, 0.1) is 6.92 Å². The van der Waals surface area contributed by atoms with E-state index in [0.717, 1.165) is 30.1 Å². The van der Waals surface area contributed by atoms with Crippen molar-refractivity contribution in [3.63, 3.8) is 0 Å². The van der Waals surface area contributed by atoms with Crippen LogP contribution in [0.3, 0.4) is 0 Å². The van der Waals surface area contributed by atoms with Gasteiger partial charge in [-0.15, -0.1) is 0 Å². The standard InChI is InChI=1S/C11H14N4/c1-3-5-10-13-11(15-14-10)9-7-4-6-8(2)12-9/h4,6-7H,3,5H2,1-2H3,(H,13,14,15). The number of pyridine rings is 1. The van der Waals surface area contributed by atoms with Crippen molar-refractivity contribution in [1.29, 1.82) is 0 Å². The summed E-state index contributed by atoms with van der Waals surface area (Å²) in [5.41, 5.74) is 1.81. The second-order valence-corrected chi connectivity index (χ2v) is 3.52. The van der Waals surface area contributed by atoms with Crippen molar-refractivity contribution in [3.8, 4) is 11.5 Å². The molecular weight excluding hydrogens is 188 g/mol. The highest BCUT2D eigenvalue weighted by Gasteiger charge is 2.06. The van der Waals surface area contributed by atoms with E-state index in [1.54, 1.807) is 0 Å². The Morgan fingerprint density at radius 3 is 2.87 bits per heavy atom. The number of H-pyrrole nitrogens is 1. The molecule has 4 heteroatoms. The van der Waals surface area contributed by atoms with E-state index >= 15 is 0 Å². The number of aromatic amines is 1. The third-order valence-electron chi connectivity index (χ3n) is 2.14. The van der Waals surface area contributed by atoms with Crippen LogP contribution >= 0.6 is 0 Å². The molecule has 0 saturated heterocycles. The van der Waals surface area contributed by atoms with E-state index in [2.05, 4.69) is 27.1 Å². The van der Waals surface area contributed by atoms with Gasteiger partial charge in [-0.25, -0.2) is 9.97 Å². The van der Waals surface area contributed by atoms with E-state index < -0.39 is 0 Å². The minimum atomic E-state index is 0.683. The molecule has 2 rings (SSSR count). The molecule has 0 unspecified atom stereocenters. The number of nitrogens with zero attached hydrogens (tertiary/aromatic N) is 3. The van der Waals surface area contributed by atoms with E-state index in [1.165, 1.54) is 0 Å². The van der Waals surface area contributed by atoms with Gasteiger partial charge in [-0.1, -0.05) is 13.0 Å². The Labute approximate surface area is 88.8 Å². The number of nitrogens with one attached hydrogen (secondary N) is 1. The van der Waals surface area contributed by atoms with Gasteiger partial charge in [0.25, 0.3) is 0 Å². The average Bonchev–Trinajstić information content (AvgIpc) is 2.67. The maximum atomic E-state index is 4.38. The van der Waals surface area contributed by atoms with Crippen LogP contribution in [0.1, 0.15) is 24.9 Å². The number of hydrogen-bond donors (Lipinski definition) is 1. The van der Waals surface area contributed by atoms with Crippen LogP contribution in [0.5, 0.6) is 0 Å². The Morgan fingerprint density at radius 1 is 1.27 bits per heavy atom. The monoisotopic (exact) mass is 202 g/mol. The quantitative estimate of drug-likeness (QED) is 0.829. The zero-order valence-electron chi connectivity index (χ0n) is 8.99. The highest BCUT2D eigenvalue weighted by molar-refractivity contribution is 5.48. The van der Waals surface area contributed by atoms with Crippen LogP contribution in [0.4, 0.5) is 0 Å². The number of aryl methyl sites for hydroxylation is 2. The molecule has 0 amide bonds. The van der Waals surface area contributed by atoms with Crippen molar-refractivity contribution in [1.82, 2.24) is 20.2 Å². The summed E-state index contributed by atoms with van der Waals surface area (Å²) in [5, 5.41) is 7.07. The second kappa shape index (κ2) is 4.21. The van der Waals surface area contributed by atoms with Crippen LogP contribution in [-0.4, -0.2) is 20.2 Å². The lowest BCUT2D eigenvalue weighted by Crippen LogP contribution is -1.88. The summed E-state index contributed by atoms with van der Waals surface area (Å²) < 4.78 is 0. The minimum Gasteiger partial charge on any atom is -0.263 e. The first-order valence-corrected chi connectivity index (χ1v) is 5.15. The van der Waals surface area contributed by atoms with Crippen molar-refractivity contribution in [2.45, 2.75) is 26.7 Å². The largest absolute Gasteiger partial charge is 0.263 e. The lowest BCUT2D eigenvalue weighted by atomic mass is 10.3. The van der Waals surface area contributed by atoms with Crippen LogP contribution in [0.2, 0.25) is 0 Å². The van der Waals surface area contributed by atoms with Gasteiger partial charge < -0.3 is 0 Å². The third-order valence-corrected chi connectivity index (χ3v) is 2.14. The van der Waals surface area contributed by atoms with E-state index in [0.29, 0.717) is 5.82 Å². The lowest BCUT2D eigenvalue weighted by Gasteiger charge is -1.95. The molecule has 2 heterocycles. The molecule has 0 saturated carbocycles. The maximum Gasteiger partial charge on any atom is 0.199 e. The summed E-state index contributed by atoms with van der Waals surface area (Å²) in [6, 6.07) is 5.85. The molecule has 2 aromatic heterocycles. The summed E-state index contributed by atoms with van der Waals surface area (Å²) in [6.45, 7) is 4.08. The third kappa shape index (κ3) is 2.21. The summed E-state index contributed by atoms with van der Waals surface area (Å²) in [5.74, 6) is 1.61. The molecular formula is C11H14N4. The van der Waals surface area contributed by atoms with E-state index in [1.807, 2.05) is 25.1 Å². The van der Waals surface area contributed by atoms with Crippen molar-refractivity contribution in [2.75, 3.05) is 0 Å². The van der Waals surface area contributed by atoms with Crippen LogP contribution in [0.15, 0.2) is 18.2 Å². The first-order chi connectivity index (χ1) is 7.29. The van der Waals surface area contributed by atoms with E-state index in [4.69, 9.17) is 0 Å². The molecule has 2 aromatic rings. The fraction of sp³-hybridized carbons (Fsp3) is 0.364. The molecule has 0 aliphatic rings. The fourth-order valence-corrected chi connectivity index (χ4v) is 1.43. The lowest BCUT2D eigenvalue weighted by molar-refractivity contribution is 0.841. The zero-order valence-corrected chi connectivity index (χ0v) is 8.99. The number of aromatic nitrogens is 4. The molecule has 0 spiro atoms. The van der Waals surface area contributed by atoms with Crippen LogP contribution in [0.25, 0.3) is 11.5 Å². The van der Waals surface area contributed by atoms with Gasteiger partial charge in [0, 0.05) is 12.1 Å². The van der Waals surface area contributed by atoms with Gasteiger partial charge in [0.1, 0.15) is 11.5 Å². The van der Waals surface area contributed by atoms with Gasteiger partial charge in [0.2, 0.25) is 0 Å². The highest BCUT2D eigenvalue weighted by atomic mass is 15.2. The SMILES string of the molecule is CCCc1nc(-c2cccc(C)n2)n[nH]1. The Hall–Kier alpha value is -1.71. The molecule has 0 aliphatic carbocycles. The Balaban J connectivity index is 2.29. The normalized spacial score (nSPS) is 10.5. The molecule has 0 fully saturated rings. The van der Waals surface area contributed by atoms with Crippen LogP contribution in [-0.2, 0) is 6.42 Å². The van der Waals surface area contributed by atoms with Crippen molar-refractivity contribution >= 4 is 0 Å². The molecule has 0 radical (unpaired) electrons. The molecule has 0 aliphatic heterocycles. The van der Waals surface area contributed by atoms with Crippen molar-refractivity contribution in [3.05, 3.63) is 29.7 Å². The summed E-state index contributed by atoms with van der Waals surface area (Å²) in [7, 11) is 0. The first kappa shape index (κ1) is 9.83. The first-order valence-electron chi connectivity index (χ1n) is 5.15. The number of hydrogen-bond acceptors (Lipinski definition) is 3. The van der Waals surface area contributed by atoms with Gasteiger partial charge in [-0.3, -0.25) is 5.10 Å². The van der Waals surface area contributed by atoms with Crippen molar-refractivity contribution < 1.29 is 0 Å². The van der Waals surface area contributed by atoms with Crippen LogP contribution < -0.4 is 0 Å². The number of rotatable bonds is 3. The summed E-state index contributed by atoms with van der Waals surface area (Å²) in [6.07, 6.45) is 1.99. The Kier molecular flexibility index (Phi) is 2.76. The highest BCUT2D eigenvalue weighted by Crippen LogP contribution is 2.12. The predicted octanol–water partition coefficient (Wildman–Crippen LogP) is 2.13. The fourth-order valence-electron chi connectivity index (χ4n) is 1.43. The molecule has 0 atom stereocenters. The van der Waals surface area contributed by atoms with E-state index in [-0.39, 0.29) is 0 Å². The molecule has 1 N–H and O–H groups in total. The minimum absolute atomic E-state index is 0.683. The van der Waals surface area contributed by atoms with Gasteiger partial charge >= 0.3 is 0 Å². The van der Waals surface area contributed by atoms with Gasteiger partial charge in [0.05, 0.1) is 0 Å². The maximum absolute atomic E-state index is 4.38. The Bertz CT molecular complexity index is 447. The molecule has 4 nitrogen and oxygen atoms in total. The molecule has 0 bridgehead atoms. The summed E-state index contributed by atoms with van der Waals surface area (Å²) in [4.78, 5) is 8.75. The summed E-state index contributed by atoms with van der Waals surface area (Å²) >= 11 is 0. The van der Waals surface area contributed by atoms with Crippen molar-refractivity contribution in [2.24, 2.45) is 0 Å². The second-order valence-electron chi connectivity index (χ2n) is 3.52. The average molecular weight is 202 g/mol. The van der Waals surface area contributed by atoms with Gasteiger partial charge in [-0.05, 0) is 25.5 Å². The zero-order chi connectivity index (χ0) is 10.7. The molecule has 0 aromatic carbocycles. The topological polar surface area (TPSA) is 54.5 Å². The predicted molar refractivity (Wildman–Crippen MR) is 58.3 cm³/mol.